The average Bonchev–Trinajstić information content (AvgIpc) is 2.80. The van der Waals surface area contributed by atoms with Gasteiger partial charge in [-0.15, -0.1) is 0 Å². The minimum Gasteiger partial charge on any atom is -0.379 e. The fourth-order valence-corrected chi connectivity index (χ4v) is 2.03. The van der Waals surface area contributed by atoms with Crippen LogP contribution in [0.5, 0.6) is 0 Å². The number of hydrogen-bond donors (Lipinski definition) is 2. The lowest BCUT2D eigenvalue weighted by Crippen LogP contribution is -2.43. The van der Waals surface area contributed by atoms with E-state index < -0.39 is 0 Å². The van der Waals surface area contributed by atoms with Crippen molar-refractivity contribution in [1.29, 1.82) is 0 Å². The number of nitrogens with zero attached hydrogens (tertiary/aromatic N) is 2. The predicted octanol–water partition coefficient (Wildman–Crippen LogP) is 0.354. The molecule has 1 saturated heterocycles. The smallest absolute Gasteiger partial charge is 0.0753 e. The molecule has 0 spiro atoms. The molecule has 2 rings (SSSR count). The number of rotatable bonds is 4. The fraction of sp³-hybridized carbons (Fsp3) is 0.700. The monoisotopic (exact) mass is 210 g/mol. The molecule has 1 aliphatic heterocycles. The summed E-state index contributed by atoms with van der Waals surface area (Å²) in [5.74, 6) is 0. The summed E-state index contributed by atoms with van der Waals surface area (Å²) in [7, 11) is 0. The summed E-state index contributed by atoms with van der Waals surface area (Å²) in [5.41, 5.74) is 6.74. The molecule has 0 amide bonds. The highest BCUT2D eigenvalue weighted by atomic mass is 16.5. The van der Waals surface area contributed by atoms with Crippen LogP contribution in [0, 0.1) is 0 Å². The van der Waals surface area contributed by atoms with Gasteiger partial charge in [0.05, 0.1) is 24.5 Å². The summed E-state index contributed by atoms with van der Waals surface area (Å²) in [5, 5.41) is 6.81. The van der Waals surface area contributed by atoms with E-state index in [1.165, 1.54) is 6.42 Å². The first-order chi connectivity index (χ1) is 7.42. The van der Waals surface area contributed by atoms with Gasteiger partial charge in [0, 0.05) is 25.9 Å². The van der Waals surface area contributed by atoms with Crippen molar-refractivity contribution in [2.45, 2.75) is 18.9 Å². The SMILES string of the molecule is NCCN(c1cn[nH]c1)C1CCCOC1. The fourth-order valence-electron chi connectivity index (χ4n) is 2.03. The highest BCUT2D eigenvalue weighted by molar-refractivity contribution is 5.43. The van der Waals surface area contributed by atoms with Crippen molar-refractivity contribution in [1.82, 2.24) is 10.2 Å². The minimum atomic E-state index is 0.444. The molecular weight excluding hydrogens is 192 g/mol. The van der Waals surface area contributed by atoms with Crippen LogP contribution in [0.25, 0.3) is 0 Å². The summed E-state index contributed by atoms with van der Waals surface area (Å²) < 4.78 is 5.49. The van der Waals surface area contributed by atoms with Crippen molar-refractivity contribution in [3.05, 3.63) is 12.4 Å². The lowest BCUT2D eigenvalue weighted by atomic mass is 10.1. The van der Waals surface area contributed by atoms with Crippen LogP contribution in [0.1, 0.15) is 12.8 Å². The van der Waals surface area contributed by atoms with Crippen LogP contribution in [0.2, 0.25) is 0 Å². The number of ether oxygens (including phenoxy) is 1. The molecule has 5 heteroatoms. The Labute approximate surface area is 89.6 Å². The molecule has 1 atom stereocenters. The number of anilines is 1. The molecule has 1 aromatic rings. The molecule has 1 aromatic heterocycles. The Balaban J connectivity index is 2.04. The van der Waals surface area contributed by atoms with E-state index >= 15 is 0 Å². The number of aromatic nitrogens is 2. The molecule has 5 nitrogen and oxygen atoms in total. The first kappa shape index (κ1) is 10.4. The third-order valence-electron chi connectivity index (χ3n) is 2.76. The number of nitrogens with one attached hydrogen (secondary N) is 1. The van der Waals surface area contributed by atoms with Crippen molar-refractivity contribution in [3.63, 3.8) is 0 Å². The maximum Gasteiger partial charge on any atom is 0.0753 e. The van der Waals surface area contributed by atoms with Crippen LogP contribution >= 0.6 is 0 Å². The number of nitrogens with two attached hydrogens (primary N) is 1. The largest absolute Gasteiger partial charge is 0.379 e. The van der Waals surface area contributed by atoms with E-state index in [1.54, 1.807) is 0 Å². The Morgan fingerprint density at radius 3 is 3.20 bits per heavy atom. The molecule has 0 bridgehead atoms. The van der Waals surface area contributed by atoms with Gasteiger partial charge in [0.15, 0.2) is 0 Å². The lowest BCUT2D eigenvalue weighted by Gasteiger charge is -2.34. The average molecular weight is 210 g/mol. The maximum atomic E-state index is 5.63. The van der Waals surface area contributed by atoms with Gasteiger partial charge < -0.3 is 15.4 Å². The Morgan fingerprint density at radius 2 is 2.60 bits per heavy atom. The van der Waals surface area contributed by atoms with Crippen LogP contribution in [0.15, 0.2) is 12.4 Å². The molecular formula is C10H18N4O. The molecule has 0 aliphatic carbocycles. The normalized spacial score (nSPS) is 21.5. The van der Waals surface area contributed by atoms with Gasteiger partial charge in [0.2, 0.25) is 0 Å². The van der Waals surface area contributed by atoms with Crippen LogP contribution in [-0.4, -0.2) is 42.5 Å². The second kappa shape index (κ2) is 5.14. The van der Waals surface area contributed by atoms with Crippen molar-refractivity contribution in [2.75, 3.05) is 31.2 Å². The van der Waals surface area contributed by atoms with Gasteiger partial charge in [-0.05, 0) is 12.8 Å². The van der Waals surface area contributed by atoms with E-state index in [2.05, 4.69) is 15.1 Å². The van der Waals surface area contributed by atoms with Gasteiger partial charge in [-0.2, -0.15) is 5.10 Å². The van der Waals surface area contributed by atoms with E-state index in [4.69, 9.17) is 10.5 Å². The minimum absolute atomic E-state index is 0.444. The molecule has 15 heavy (non-hydrogen) atoms. The van der Waals surface area contributed by atoms with Crippen LogP contribution < -0.4 is 10.6 Å². The highest BCUT2D eigenvalue weighted by Gasteiger charge is 2.21. The van der Waals surface area contributed by atoms with Crippen molar-refractivity contribution in [3.8, 4) is 0 Å². The first-order valence-electron chi connectivity index (χ1n) is 5.45. The Hall–Kier alpha value is -1.07. The summed E-state index contributed by atoms with van der Waals surface area (Å²) in [4.78, 5) is 2.28. The van der Waals surface area contributed by atoms with E-state index in [9.17, 15) is 0 Å². The number of aromatic amines is 1. The van der Waals surface area contributed by atoms with E-state index in [0.717, 1.165) is 31.9 Å². The zero-order valence-corrected chi connectivity index (χ0v) is 8.85. The molecule has 2 heterocycles. The van der Waals surface area contributed by atoms with Crippen molar-refractivity contribution >= 4 is 5.69 Å². The molecule has 0 saturated carbocycles. The standard InChI is InChI=1S/C10H18N4O/c11-3-4-14(10-6-12-13-7-10)9-2-1-5-15-8-9/h6-7,9H,1-5,8,11H2,(H,12,13). The van der Waals surface area contributed by atoms with Gasteiger partial charge in [-0.25, -0.2) is 0 Å². The maximum absolute atomic E-state index is 5.63. The predicted molar refractivity (Wildman–Crippen MR) is 58.8 cm³/mol. The molecule has 3 N–H and O–H groups in total. The lowest BCUT2D eigenvalue weighted by molar-refractivity contribution is 0.0794. The molecule has 0 radical (unpaired) electrons. The second-order valence-corrected chi connectivity index (χ2v) is 3.81. The summed E-state index contributed by atoms with van der Waals surface area (Å²) in [6.07, 6.45) is 6.04. The summed E-state index contributed by atoms with van der Waals surface area (Å²) in [6.45, 7) is 3.19. The molecule has 1 aliphatic rings. The zero-order chi connectivity index (χ0) is 10.5. The van der Waals surface area contributed by atoms with Crippen LogP contribution in [-0.2, 0) is 4.74 Å². The van der Waals surface area contributed by atoms with E-state index in [0.29, 0.717) is 12.6 Å². The Morgan fingerprint density at radius 1 is 1.67 bits per heavy atom. The van der Waals surface area contributed by atoms with Gasteiger partial charge in [-0.1, -0.05) is 0 Å². The second-order valence-electron chi connectivity index (χ2n) is 3.81. The third-order valence-corrected chi connectivity index (χ3v) is 2.76. The van der Waals surface area contributed by atoms with Crippen molar-refractivity contribution < 1.29 is 4.74 Å². The highest BCUT2D eigenvalue weighted by Crippen LogP contribution is 2.20. The summed E-state index contributed by atoms with van der Waals surface area (Å²) >= 11 is 0. The van der Waals surface area contributed by atoms with E-state index in [-0.39, 0.29) is 0 Å². The number of hydrogen-bond acceptors (Lipinski definition) is 4. The van der Waals surface area contributed by atoms with Crippen LogP contribution in [0.3, 0.4) is 0 Å². The zero-order valence-electron chi connectivity index (χ0n) is 8.85. The molecule has 1 fully saturated rings. The molecule has 84 valence electrons. The van der Waals surface area contributed by atoms with Gasteiger partial charge in [0.25, 0.3) is 0 Å². The summed E-state index contributed by atoms with van der Waals surface area (Å²) in [6, 6.07) is 0.444. The number of H-pyrrole nitrogens is 1. The molecule has 0 aromatic carbocycles. The Kier molecular flexibility index (Phi) is 3.58. The van der Waals surface area contributed by atoms with E-state index in [1.807, 2.05) is 12.4 Å². The topological polar surface area (TPSA) is 67.2 Å². The van der Waals surface area contributed by atoms with Gasteiger partial charge in [-0.3, -0.25) is 5.10 Å². The van der Waals surface area contributed by atoms with Crippen molar-refractivity contribution in [2.24, 2.45) is 5.73 Å². The Bertz CT molecular complexity index is 269. The van der Waals surface area contributed by atoms with Gasteiger partial charge in [0.1, 0.15) is 0 Å². The quantitative estimate of drug-likeness (QED) is 0.752. The molecule has 1 unspecified atom stereocenters. The van der Waals surface area contributed by atoms with Crippen LogP contribution in [0.4, 0.5) is 5.69 Å². The first-order valence-corrected chi connectivity index (χ1v) is 5.45. The van der Waals surface area contributed by atoms with Gasteiger partial charge >= 0.3 is 0 Å². The third kappa shape index (κ3) is 2.49.